The number of likely N-dealkylation sites (tertiary alicyclic amines) is 2. The monoisotopic (exact) mass is 399 g/mol. The van der Waals surface area contributed by atoms with E-state index in [1.807, 2.05) is 42.2 Å². The Morgan fingerprint density at radius 1 is 1.07 bits per heavy atom. The molecular weight excluding hydrogens is 366 g/mol. The van der Waals surface area contributed by atoms with Gasteiger partial charge >= 0.3 is 0 Å². The Bertz CT molecular complexity index is 707. The number of amides is 3. The molecule has 158 valence electrons. The van der Waals surface area contributed by atoms with Gasteiger partial charge in [0, 0.05) is 32.6 Å². The first-order valence-electron chi connectivity index (χ1n) is 11.0. The fourth-order valence-corrected chi connectivity index (χ4v) is 4.41. The zero-order valence-electron chi connectivity index (χ0n) is 17.4. The molecule has 2 fully saturated rings. The lowest BCUT2D eigenvalue weighted by Crippen LogP contribution is -2.51. The van der Waals surface area contributed by atoms with Crippen LogP contribution in [0.25, 0.3) is 0 Å². The Morgan fingerprint density at radius 2 is 1.83 bits per heavy atom. The number of hydrogen-bond donors (Lipinski definition) is 1. The van der Waals surface area contributed by atoms with Gasteiger partial charge in [0.25, 0.3) is 0 Å². The van der Waals surface area contributed by atoms with Crippen molar-refractivity contribution in [3.63, 3.8) is 0 Å². The molecule has 29 heavy (non-hydrogen) atoms. The summed E-state index contributed by atoms with van der Waals surface area (Å²) in [6.07, 6.45) is 5.33. The number of benzene rings is 1. The molecule has 2 unspecified atom stereocenters. The number of nitrogens with zero attached hydrogens (tertiary/aromatic N) is 2. The molecule has 1 aromatic rings. The molecule has 0 aliphatic carbocycles. The maximum atomic E-state index is 13.2. The summed E-state index contributed by atoms with van der Waals surface area (Å²) < 4.78 is 0. The van der Waals surface area contributed by atoms with E-state index >= 15 is 0 Å². The van der Waals surface area contributed by atoms with Crippen LogP contribution in [-0.2, 0) is 20.8 Å². The molecule has 3 amide bonds. The lowest BCUT2D eigenvalue weighted by molar-refractivity contribution is -0.144. The van der Waals surface area contributed by atoms with Crippen LogP contribution in [0.3, 0.4) is 0 Å². The van der Waals surface area contributed by atoms with Crippen molar-refractivity contribution in [3.05, 3.63) is 35.9 Å². The largest absolute Gasteiger partial charge is 0.356 e. The second-order valence-electron chi connectivity index (χ2n) is 8.25. The van der Waals surface area contributed by atoms with E-state index < -0.39 is 0 Å². The average Bonchev–Trinajstić information content (AvgIpc) is 3.23. The van der Waals surface area contributed by atoms with Crippen LogP contribution >= 0.6 is 0 Å². The number of nitrogens with one attached hydrogen (secondary N) is 1. The topological polar surface area (TPSA) is 69.7 Å². The summed E-state index contributed by atoms with van der Waals surface area (Å²) in [5.74, 6) is 0.494. The molecule has 2 heterocycles. The van der Waals surface area contributed by atoms with Gasteiger partial charge in [-0.15, -0.1) is 0 Å². The number of rotatable bonds is 7. The van der Waals surface area contributed by atoms with E-state index in [0.29, 0.717) is 38.4 Å². The lowest BCUT2D eigenvalue weighted by Gasteiger charge is -2.36. The molecule has 0 saturated carbocycles. The Hall–Kier alpha value is -2.37. The minimum atomic E-state index is -0.334. The number of carbonyl (C=O) groups excluding carboxylic acids is 3. The van der Waals surface area contributed by atoms with Crippen LogP contribution in [0.15, 0.2) is 30.3 Å². The van der Waals surface area contributed by atoms with Gasteiger partial charge in [-0.2, -0.15) is 0 Å². The van der Waals surface area contributed by atoms with Crippen molar-refractivity contribution >= 4 is 17.7 Å². The van der Waals surface area contributed by atoms with Gasteiger partial charge in [-0.05, 0) is 43.6 Å². The first kappa shape index (κ1) is 21.3. The summed E-state index contributed by atoms with van der Waals surface area (Å²) >= 11 is 0. The Kier molecular flexibility index (Phi) is 7.67. The standard InChI is InChI=1S/C23H33N3O3/c1-2-8-21(27)24-16-19-11-6-13-25(17-19)23(29)20-12-7-14-26(20)22(28)15-18-9-4-3-5-10-18/h3-5,9-10,19-20H,2,6-8,11-17H2,1H3,(H,24,27). The first-order valence-corrected chi connectivity index (χ1v) is 11.0. The highest BCUT2D eigenvalue weighted by atomic mass is 16.2. The van der Waals surface area contributed by atoms with Crippen LogP contribution in [0, 0.1) is 5.92 Å². The molecule has 0 bridgehead atoms. The van der Waals surface area contributed by atoms with Crippen molar-refractivity contribution in [2.24, 2.45) is 5.92 Å². The number of carbonyl (C=O) groups is 3. The zero-order valence-corrected chi connectivity index (χ0v) is 17.4. The first-order chi connectivity index (χ1) is 14.1. The smallest absolute Gasteiger partial charge is 0.245 e. The third kappa shape index (κ3) is 5.81. The van der Waals surface area contributed by atoms with Gasteiger partial charge in [0.15, 0.2) is 0 Å². The van der Waals surface area contributed by atoms with Gasteiger partial charge in [-0.25, -0.2) is 0 Å². The highest BCUT2D eigenvalue weighted by Gasteiger charge is 2.37. The molecule has 3 rings (SSSR count). The van der Waals surface area contributed by atoms with Gasteiger partial charge in [-0.3, -0.25) is 14.4 Å². The van der Waals surface area contributed by atoms with Crippen molar-refractivity contribution in [1.82, 2.24) is 15.1 Å². The van der Waals surface area contributed by atoms with Crippen LogP contribution in [0.4, 0.5) is 0 Å². The molecule has 6 heteroatoms. The van der Waals surface area contributed by atoms with Crippen molar-refractivity contribution in [3.8, 4) is 0 Å². The van der Waals surface area contributed by atoms with Gasteiger partial charge in [0.1, 0.15) is 6.04 Å². The van der Waals surface area contributed by atoms with Crippen molar-refractivity contribution in [1.29, 1.82) is 0 Å². The summed E-state index contributed by atoms with van der Waals surface area (Å²) in [5, 5.41) is 3.00. The van der Waals surface area contributed by atoms with Crippen molar-refractivity contribution in [2.45, 2.75) is 57.9 Å². The Balaban J connectivity index is 1.55. The van der Waals surface area contributed by atoms with Gasteiger partial charge in [0.05, 0.1) is 6.42 Å². The molecular formula is C23H33N3O3. The second-order valence-corrected chi connectivity index (χ2v) is 8.25. The summed E-state index contributed by atoms with van der Waals surface area (Å²) in [4.78, 5) is 41.5. The van der Waals surface area contributed by atoms with Crippen molar-refractivity contribution in [2.75, 3.05) is 26.2 Å². The molecule has 2 saturated heterocycles. The molecule has 0 spiro atoms. The Labute approximate surface area is 173 Å². The minimum absolute atomic E-state index is 0.0347. The minimum Gasteiger partial charge on any atom is -0.356 e. The van der Waals surface area contributed by atoms with Crippen LogP contribution in [0.5, 0.6) is 0 Å². The second kappa shape index (κ2) is 10.4. The maximum absolute atomic E-state index is 13.2. The average molecular weight is 400 g/mol. The summed E-state index contributed by atoms with van der Waals surface area (Å²) in [6, 6.07) is 9.37. The lowest BCUT2D eigenvalue weighted by atomic mass is 9.97. The number of hydrogen-bond acceptors (Lipinski definition) is 3. The molecule has 2 atom stereocenters. The summed E-state index contributed by atoms with van der Waals surface area (Å²) in [7, 11) is 0. The molecule has 2 aliphatic rings. The highest BCUT2D eigenvalue weighted by molar-refractivity contribution is 5.89. The quantitative estimate of drug-likeness (QED) is 0.765. The third-order valence-electron chi connectivity index (χ3n) is 5.95. The van der Waals surface area contributed by atoms with Gasteiger partial charge < -0.3 is 15.1 Å². The van der Waals surface area contributed by atoms with Crippen LogP contribution < -0.4 is 5.32 Å². The fourth-order valence-electron chi connectivity index (χ4n) is 4.41. The molecule has 0 aromatic heterocycles. The van der Waals surface area contributed by atoms with Crippen LogP contribution in [-0.4, -0.2) is 59.7 Å². The van der Waals surface area contributed by atoms with Gasteiger partial charge in [-0.1, -0.05) is 37.3 Å². The predicted molar refractivity (Wildman–Crippen MR) is 112 cm³/mol. The van der Waals surface area contributed by atoms with E-state index in [4.69, 9.17) is 0 Å². The summed E-state index contributed by atoms with van der Waals surface area (Å²) in [5.41, 5.74) is 0.983. The van der Waals surface area contributed by atoms with Gasteiger partial charge in [0.2, 0.25) is 17.7 Å². The van der Waals surface area contributed by atoms with Crippen LogP contribution in [0.1, 0.15) is 51.0 Å². The molecule has 1 aromatic carbocycles. The van der Waals surface area contributed by atoms with E-state index in [1.54, 1.807) is 4.90 Å². The number of piperidine rings is 1. The van der Waals surface area contributed by atoms with Crippen molar-refractivity contribution < 1.29 is 14.4 Å². The maximum Gasteiger partial charge on any atom is 0.245 e. The fraction of sp³-hybridized carbons (Fsp3) is 0.609. The third-order valence-corrected chi connectivity index (χ3v) is 5.95. The highest BCUT2D eigenvalue weighted by Crippen LogP contribution is 2.24. The van der Waals surface area contributed by atoms with E-state index in [0.717, 1.165) is 44.2 Å². The normalized spacial score (nSPS) is 21.8. The zero-order chi connectivity index (χ0) is 20.6. The summed E-state index contributed by atoms with van der Waals surface area (Å²) in [6.45, 7) is 4.70. The predicted octanol–water partition coefficient (Wildman–Crippen LogP) is 2.38. The van der Waals surface area contributed by atoms with E-state index in [9.17, 15) is 14.4 Å². The molecule has 2 aliphatic heterocycles. The molecule has 6 nitrogen and oxygen atoms in total. The van der Waals surface area contributed by atoms with E-state index in [1.165, 1.54) is 0 Å². The Morgan fingerprint density at radius 3 is 2.59 bits per heavy atom. The van der Waals surface area contributed by atoms with Crippen LogP contribution in [0.2, 0.25) is 0 Å². The molecule has 1 N–H and O–H groups in total. The van der Waals surface area contributed by atoms with E-state index in [-0.39, 0.29) is 23.8 Å². The van der Waals surface area contributed by atoms with E-state index in [2.05, 4.69) is 5.32 Å². The SMILES string of the molecule is CCCC(=O)NCC1CCCN(C(=O)C2CCCN2C(=O)Cc2ccccc2)C1. The molecule has 0 radical (unpaired) electrons.